The van der Waals surface area contributed by atoms with Crippen LogP contribution in [0.1, 0.15) is 12.0 Å². The number of halogens is 1. The maximum Gasteiger partial charge on any atom is 0.218 e. The fraction of sp³-hybridized carbons (Fsp3) is 0.583. The van der Waals surface area contributed by atoms with E-state index in [9.17, 15) is 4.39 Å². The number of hydrogen-bond donors (Lipinski definition) is 1. The van der Waals surface area contributed by atoms with E-state index in [0.717, 1.165) is 25.2 Å². The molecule has 1 atom stereocenters. The van der Waals surface area contributed by atoms with Gasteiger partial charge < -0.3 is 14.8 Å². The lowest BCUT2D eigenvalue weighted by atomic mass is 10.1. The van der Waals surface area contributed by atoms with Gasteiger partial charge in [0.1, 0.15) is 5.82 Å². The van der Waals surface area contributed by atoms with Gasteiger partial charge in [0.05, 0.1) is 19.4 Å². The largest absolute Gasteiger partial charge is 0.477 e. The number of rotatable bonds is 5. The number of hydrogen-bond acceptors (Lipinski definition) is 4. The van der Waals surface area contributed by atoms with Gasteiger partial charge in [0.25, 0.3) is 0 Å². The fourth-order valence-corrected chi connectivity index (χ4v) is 1.83. The monoisotopic (exact) mass is 240 g/mol. The van der Waals surface area contributed by atoms with Gasteiger partial charge in [0.2, 0.25) is 5.88 Å². The van der Waals surface area contributed by atoms with Crippen molar-refractivity contribution in [3.63, 3.8) is 0 Å². The Balaban J connectivity index is 1.98. The van der Waals surface area contributed by atoms with Gasteiger partial charge in [0.15, 0.2) is 0 Å². The summed E-state index contributed by atoms with van der Waals surface area (Å²) in [6.45, 7) is 2.66. The van der Waals surface area contributed by atoms with Crippen LogP contribution >= 0.6 is 0 Å². The van der Waals surface area contributed by atoms with Crippen molar-refractivity contribution >= 4 is 0 Å². The van der Waals surface area contributed by atoms with E-state index < -0.39 is 0 Å². The highest BCUT2D eigenvalue weighted by atomic mass is 19.1. The van der Waals surface area contributed by atoms with E-state index >= 15 is 0 Å². The summed E-state index contributed by atoms with van der Waals surface area (Å²) in [6.07, 6.45) is 2.20. The smallest absolute Gasteiger partial charge is 0.218 e. The SMILES string of the molecule is CNCc1cc(F)cnc1OCC1CCOC1. The van der Waals surface area contributed by atoms with Gasteiger partial charge in [-0.15, -0.1) is 0 Å². The van der Waals surface area contributed by atoms with Crippen molar-refractivity contribution < 1.29 is 13.9 Å². The molecule has 1 fully saturated rings. The van der Waals surface area contributed by atoms with Gasteiger partial charge in [-0.2, -0.15) is 0 Å². The Morgan fingerprint density at radius 2 is 2.53 bits per heavy atom. The van der Waals surface area contributed by atoms with E-state index in [4.69, 9.17) is 9.47 Å². The molecule has 2 rings (SSSR count). The molecular weight excluding hydrogens is 223 g/mol. The Bertz CT molecular complexity index is 368. The van der Waals surface area contributed by atoms with E-state index in [1.807, 2.05) is 0 Å². The Morgan fingerprint density at radius 1 is 1.65 bits per heavy atom. The molecule has 0 bridgehead atoms. The third kappa shape index (κ3) is 3.38. The van der Waals surface area contributed by atoms with Crippen molar-refractivity contribution in [1.82, 2.24) is 10.3 Å². The van der Waals surface area contributed by atoms with Crippen LogP contribution in [0.25, 0.3) is 0 Å². The first kappa shape index (κ1) is 12.3. The molecule has 1 aliphatic rings. The van der Waals surface area contributed by atoms with E-state index in [0.29, 0.717) is 24.9 Å². The van der Waals surface area contributed by atoms with Gasteiger partial charge >= 0.3 is 0 Å². The number of nitrogens with zero attached hydrogens (tertiary/aromatic N) is 1. The summed E-state index contributed by atoms with van der Waals surface area (Å²) >= 11 is 0. The Labute approximate surface area is 100 Å². The minimum absolute atomic E-state index is 0.341. The molecule has 1 aliphatic heterocycles. The highest BCUT2D eigenvalue weighted by Crippen LogP contribution is 2.19. The van der Waals surface area contributed by atoms with Crippen LogP contribution in [-0.2, 0) is 11.3 Å². The van der Waals surface area contributed by atoms with Crippen LogP contribution in [-0.4, -0.2) is 31.9 Å². The van der Waals surface area contributed by atoms with Crippen LogP contribution in [0.15, 0.2) is 12.3 Å². The predicted molar refractivity (Wildman–Crippen MR) is 61.4 cm³/mol. The van der Waals surface area contributed by atoms with Crippen LogP contribution < -0.4 is 10.1 Å². The molecule has 0 aromatic carbocycles. The normalized spacial score (nSPS) is 19.5. The Hall–Kier alpha value is -1.20. The predicted octanol–water partition coefficient (Wildman–Crippen LogP) is 1.36. The molecule has 1 saturated heterocycles. The van der Waals surface area contributed by atoms with Gasteiger partial charge in [0, 0.05) is 24.6 Å². The summed E-state index contributed by atoms with van der Waals surface area (Å²) < 4.78 is 23.9. The van der Waals surface area contributed by atoms with Crippen molar-refractivity contribution in [2.75, 3.05) is 26.9 Å². The zero-order valence-corrected chi connectivity index (χ0v) is 9.91. The minimum atomic E-state index is -0.341. The topological polar surface area (TPSA) is 43.4 Å². The van der Waals surface area contributed by atoms with Crippen LogP contribution in [0, 0.1) is 11.7 Å². The third-order valence-corrected chi connectivity index (χ3v) is 2.74. The average molecular weight is 240 g/mol. The van der Waals surface area contributed by atoms with Crippen molar-refractivity contribution in [2.24, 2.45) is 5.92 Å². The second-order valence-corrected chi connectivity index (χ2v) is 4.19. The molecule has 0 aliphatic carbocycles. The first-order valence-corrected chi connectivity index (χ1v) is 5.79. The number of ether oxygens (including phenoxy) is 2. The summed E-state index contributed by atoms with van der Waals surface area (Å²) in [5.74, 6) is 0.587. The summed E-state index contributed by atoms with van der Waals surface area (Å²) in [5, 5.41) is 2.97. The average Bonchev–Trinajstić information content (AvgIpc) is 2.81. The molecular formula is C12H17FN2O2. The fourth-order valence-electron chi connectivity index (χ4n) is 1.83. The molecule has 0 spiro atoms. The number of aromatic nitrogens is 1. The summed E-state index contributed by atoms with van der Waals surface area (Å²) in [6, 6.07) is 1.45. The second-order valence-electron chi connectivity index (χ2n) is 4.19. The van der Waals surface area contributed by atoms with E-state index in [1.54, 1.807) is 7.05 Å². The third-order valence-electron chi connectivity index (χ3n) is 2.74. The van der Waals surface area contributed by atoms with Crippen LogP contribution in [0.2, 0.25) is 0 Å². The molecule has 0 amide bonds. The van der Waals surface area contributed by atoms with Crippen molar-refractivity contribution in [1.29, 1.82) is 0 Å². The molecule has 0 saturated carbocycles. The molecule has 1 aromatic heterocycles. The van der Waals surface area contributed by atoms with Crippen molar-refractivity contribution in [3.8, 4) is 5.88 Å². The summed E-state index contributed by atoms with van der Waals surface area (Å²) in [5.41, 5.74) is 0.742. The minimum Gasteiger partial charge on any atom is -0.477 e. The van der Waals surface area contributed by atoms with Crippen molar-refractivity contribution in [3.05, 3.63) is 23.6 Å². The molecule has 4 nitrogen and oxygen atoms in total. The molecule has 2 heterocycles. The van der Waals surface area contributed by atoms with E-state index in [1.165, 1.54) is 12.3 Å². The number of pyridine rings is 1. The maximum absolute atomic E-state index is 13.0. The van der Waals surface area contributed by atoms with Gasteiger partial charge in [-0.3, -0.25) is 0 Å². The lowest BCUT2D eigenvalue weighted by Crippen LogP contribution is -2.15. The number of nitrogens with one attached hydrogen (secondary N) is 1. The molecule has 17 heavy (non-hydrogen) atoms. The van der Waals surface area contributed by atoms with Gasteiger partial charge in [-0.05, 0) is 19.5 Å². The highest BCUT2D eigenvalue weighted by molar-refractivity contribution is 5.26. The standard InChI is InChI=1S/C12H17FN2O2/c1-14-5-10-4-11(13)6-15-12(10)17-8-9-2-3-16-7-9/h4,6,9,14H,2-3,5,7-8H2,1H3. The first-order valence-electron chi connectivity index (χ1n) is 5.79. The van der Waals surface area contributed by atoms with Crippen LogP contribution in [0.3, 0.4) is 0 Å². The zero-order valence-electron chi connectivity index (χ0n) is 9.91. The molecule has 1 aromatic rings. The summed E-state index contributed by atoms with van der Waals surface area (Å²) in [7, 11) is 1.81. The molecule has 5 heteroatoms. The first-order chi connectivity index (χ1) is 8.29. The van der Waals surface area contributed by atoms with Gasteiger partial charge in [-0.1, -0.05) is 0 Å². The molecule has 0 radical (unpaired) electrons. The quantitative estimate of drug-likeness (QED) is 0.844. The van der Waals surface area contributed by atoms with Crippen LogP contribution in [0.4, 0.5) is 4.39 Å². The maximum atomic E-state index is 13.0. The second kappa shape index (κ2) is 5.93. The Morgan fingerprint density at radius 3 is 3.24 bits per heavy atom. The van der Waals surface area contributed by atoms with E-state index in [-0.39, 0.29) is 5.82 Å². The van der Waals surface area contributed by atoms with Crippen LogP contribution in [0.5, 0.6) is 5.88 Å². The molecule has 1 unspecified atom stereocenters. The lowest BCUT2D eigenvalue weighted by molar-refractivity contribution is 0.165. The van der Waals surface area contributed by atoms with Crippen molar-refractivity contribution in [2.45, 2.75) is 13.0 Å². The summed E-state index contributed by atoms with van der Waals surface area (Å²) in [4.78, 5) is 3.98. The lowest BCUT2D eigenvalue weighted by Gasteiger charge is -2.12. The highest BCUT2D eigenvalue weighted by Gasteiger charge is 2.17. The Kier molecular flexibility index (Phi) is 4.28. The molecule has 94 valence electrons. The van der Waals surface area contributed by atoms with Gasteiger partial charge in [-0.25, -0.2) is 9.37 Å². The molecule has 1 N–H and O–H groups in total. The zero-order chi connectivity index (χ0) is 12.1. The van der Waals surface area contributed by atoms with E-state index in [2.05, 4.69) is 10.3 Å².